The van der Waals surface area contributed by atoms with Gasteiger partial charge in [0.25, 0.3) is 0 Å². The maximum atomic E-state index is 12.1. The van der Waals surface area contributed by atoms with Crippen LogP contribution in [0.5, 0.6) is 0 Å². The van der Waals surface area contributed by atoms with Crippen molar-refractivity contribution in [2.75, 3.05) is 52.3 Å². The van der Waals surface area contributed by atoms with E-state index in [1.165, 1.54) is 11.9 Å². The Kier molecular flexibility index (Phi) is 16.2. The third kappa shape index (κ3) is 16.5. The van der Waals surface area contributed by atoms with Gasteiger partial charge in [0.05, 0.1) is 6.54 Å². The van der Waals surface area contributed by atoms with Crippen molar-refractivity contribution in [1.29, 1.82) is 0 Å². The molecule has 9 heteroatoms. The summed E-state index contributed by atoms with van der Waals surface area (Å²) in [6, 6.07) is 0. The third-order valence-corrected chi connectivity index (χ3v) is 3.45. The van der Waals surface area contributed by atoms with Crippen molar-refractivity contribution < 1.29 is 13.2 Å². The minimum atomic E-state index is -4.13. The van der Waals surface area contributed by atoms with Crippen LogP contribution in [0.3, 0.4) is 0 Å². The zero-order valence-electron chi connectivity index (χ0n) is 13.5. The molecule has 0 fully saturated rings. The van der Waals surface area contributed by atoms with Gasteiger partial charge in [-0.25, -0.2) is 0 Å². The molecule has 0 aliphatic carbocycles. The van der Waals surface area contributed by atoms with Crippen molar-refractivity contribution in [3.8, 4) is 0 Å². The number of guanidine groups is 1. The monoisotopic (exact) mass is 456 g/mol. The number of hydrogen-bond acceptors (Lipinski definition) is 3. The second-order valence-corrected chi connectivity index (χ2v) is 5.82. The largest absolute Gasteiger partial charge is 0.401 e. The summed E-state index contributed by atoms with van der Waals surface area (Å²) in [5.41, 5.74) is 0. The van der Waals surface area contributed by atoms with Gasteiger partial charge < -0.3 is 10.6 Å². The van der Waals surface area contributed by atoms with Crippen LogP contribution in [0.2, 0.25) is 0 Å². The molecular weight excluding hydrogens is 428 g/mol. The first-order valence-corrected chi connectivity index (χ1v) is 8.47. The van der Waals surface area contributed by atoms with Crippen molar-refractivity contribution in [2.45, 2.75) is 25.4 Å². The highest BCUT2D eigenvalue weighted by molar-refractivity contribution is 14.0. The van der Waals surface area contributed by atoms with Gasteiger partial charge in [-0.3, -0.25) is 9.89 Å². The summed E-state index contributed by atoms with van der Waals surface area (Å²) >= 11 is 1.83. The molecule has 0 unspecified atom stereocenters. The second-order valence-electron chi connectivity index (χ2n) is 4.83. The van der Waals surface area contributed by atoms with E-state index in [0.29, 0.717) is 25.5 Å². The SMILES string of the molecule is CN=C(NCCCCSC)NCCCN(C)CC(F)(F)F.I. The molecular formula is C13H28F3IN4S. The maximum Gasteiger partial charge on any atom is 0.401 e. The lowest BCUT2D eigenvalue weighted by molar-refractivity contribution is -0.143. The molecule has 22 heavy (non-hydrogen) atoms. The van der Waals surface area contributed by atoms with Gasteiger partial charge in [-0.1, -0.05) is 0 Å². The zero-order chi connectivity index (χ0) is 16.1. The molecule has 0 saturated heterocycles. The molecule has 0 amide bonds. The van der Waals surface area contributed by atoms with E-state index in [1.54, 1.807) is 7.05 Å². The molecule has 0 aromatic rings. The molecule has 0 rings (SSSR count). The van der Waals surface area contributed by atoms with Gasteiger partial charge in [-0.2, -0.15) is 24.9 Å². The van der Waals surface area contributed by atoms with Gasteiger partial charge in [0.1, 0.15) is 0 Å². The van der Waals surface area contributed by atoms with E-state index in [4.69, 9.17) is 0 Å². The highest BCUT2D eigenvalue weighted by Gasteiger charge is 2.28. The minimum Gasteiger partial charge on any atom is -0.356 e. The molecule has 0 bridgehead atoms. The fourth-order valence-electron chi connectivity index (χ4n) is 1.74. The number of thioether (sulfide) groups is 1. The van der Waals surface area contributed by atoms with Crippen LogP contribution in [-0.2, 0) is 0 Å². The van der Waals surface area contributed by atoms with Crippen LogP contribution in [0, 0.1) is 0 Å². The van der Waals surface area contributed by atoms with Crippen molar-refractivity contribution in [1.82, 2.24) is 15.5 Å². The summed E-state index contributed by atoms with van der Waals surface area (Å²) in [5, 5.41) is 6.29. The molecule has 0 atom stereocenters. The topological polar surface area (TPSA) is 39.7 Å². The Morgan fingerprint density at radius 3 is 2.23 bits per heavy atom. The summed E-state index contributed by atoms with van der Waals surface area (Å²) in [4.78, 5) is 5.36. The number of rotatable bonds is 10. The lowest BCUT2D eigenvalue weighted by atomic mass is 10.3. The van der Waals surface area contributed by atoms with Crippen LogP contribution in [0.25, 0.3) is 0 Å². The molecule has 0 aromatic carbocycles. The minimum absolute atomic E-state index is 0. The van der Waals surface area contributed by atoms with Crippen molar-refractivity contribution in [3.63, 3.8) is 0 Å². The quantitative estimate of drug-likeness (QED) is 0.230. The lowest BCUT2D eigenvalue weighted by Gasteiger charge is -2.18. The van der Waals surface area contributed by atoms with Crippen LogP contribution < -0.4 is 10.6 Å². The fraction of sp³-hybridized carbons (Fsp3) is 0.923. The molecule has 0 saturated carbocycles. The normalized spacial score (nSPS) is 12.2. The Morgan fingerprint density at radius 2 is 1.73 bits per heavy atom. The van der Waals surface area contributed by atoms with Crippen LogP contribution >= 0.6 is 35.7 Å². The second kappa shape index (κ2) is 14.7. The summed E-state index contributed by atoms with van der Waals surface area (Å²) in [6.07, 6.45) is 0.837. The number of unbranched alkanes of at least 4 members (excludes halogenated alkanes) is 1. The van der Waals surface area contributed by atoms with E-state index in [-0.39, 0.29) is 24.0 Å². The molecule has 4 nitrogen and oxygen atoms in total. The van der Waals surface area contributed by atoms with Crippen LogP contribution in [0.4, 0.5) is 13.2 Å². The Bertz CT molecular complexity index is 291. The first-order valence-electron chi connectivity index (χ1n) is 7.08. The van der Waals surface area contributed by atoms with Gasteiger partial charge in [0.15, 0.2) is 5.96 Å². The van der Waals surface area contributed by atoms with Gasteiger partial charge in [-0.05, 0) is 44.9 Å². The lowest BCUT2D eigenvalue weighted by Crippen LogP contribution is -2.39. The first-order chi connectivity index (χ1) is 9.89. The Hall–Kier alpha value is 0.1000. The van der Waals surface area contributed by atoms with E-state index < -0.39 is 12.7 Å². The standard InChI is InChI=1S/C13H27F3N4S.HI/c1-17-12(18-7-4-5-10-21-3)19-8-6-9-20(2)11-13(14,15)16;/h4-11H2,1-3H3,(H2,17,18,19);1H. The summed E-state index contributed by atoms with van der Waals surface area (Å²) in [7, 11) is 3.17. The third-order valence-electron chi connectivity index (χ3n) is 2.75. The Morgan fingerprint density at radius 1 is 1.14 bits per heavy atom. The maximum absolute atomic E-state index is 12.1. The molecule has 2 N–H and O–H groups in total. The van der Waals surface area contributed by atoms with Crippen LogP contribution in [-0.4, -0.2) is 69.3 Å². The fourth-order valence-corrected chi connectivity index (χ4v) is 2.23. The van der Waals surface area contributed by atoms with Crippen LogP contribution in [0.15, 0.2) is 4.99 Å². The molecule has 0 heterocycles. The van der Waals surface area contributed by atoms with E-state index in [9.17, 15) is 13.2 Å². The van der Waals surface area contributed by atoms with E-state index in [0.717, 1.165) is 25.1 Å². The first kappa shape index (κ1) is 24.4. The smallest absolute Gasteiger partial charge is 0.356 e. The number of aliphatic imine (C=N–C) groups is 1. The molecule has 134 valence electrons. The number of nitrogens with zero attached hydrogens (tertiary/aromatic N) is 2. The van der Waals surface area contributed by atoms with E-state index in [1.807, 2.05) is 11.8 Å². The highest BCUT2D eigenvalue weighted by atomic mass is 127. The number of nitrogens with one attached hydrogen (secondary N) is 2. The molecule has 0 aromatic heterocycles. The number of alkyl halides is 3. The van der Waals surface area contributed by atoms with Gasteiger partial charge in [-0.15, -0.1) is 24.0 Å². The van der Waals surface area contributed by atoms with E-state index >= 15 is 0 Å². The van der Waals surface area contributed by atoms with Gasteiger partial charge in [0.2, 0.25) is 0 Å². The summed E-state index contributed by atoms with van der Waals surface area (Å²) < 4.78 is 36.4. The average Bonchev–Trinajstić information content (AvgIpc) is 2.39. The molecule has 0 spiro atoms. The van der Waals surface area contributed by atoms with Crippen LogP contribution in [0.1, 0.15) is 19.3 Å². The predicted molar refractivity (Wildman–Crippen MR) is 101 cm³/mol. The number of hydrogen-bond donors (Lipinski definition) is 2. The molecule has 0 aliphatic heterocycles. The molecule has 0 aliphatic rings. The van der Waals surface area contributed by atoms with Crippen molar-refractivity contribution >= 4 is 41.7 Å². The van der Waals surface area contributed by atoms with Gasteiger partial charge >= 0.3 is 6.18 Å². The highest BCUT2D eigenvalue weighted by Crippen LogP contribution is 2.15. The zero-order valence-corrected chi connectivity index (χ0v) is 16.6. The predicted octanol–water partition coefficient (Wildman–Crippen LogP) is 2.80. The van der Waals surface area contributed by atoms with Crippen molar-refractivity contribution in [2.24, 2.45) is 4.99 Å². The average molecular weight is 456 g/mol. The Balaban J connectivity index is 0. The summed E-state index contributed by atoms with van der Waals surface area (Å²) in [6.45, 7) is 0.994. The molecule has 0 radical (unpaired) electrons. The van der Waals surface area contributed by atoms with E-state index in [2.05, 4.69) is 21.9 Å². The summed E-state index contributed by atoms with van der Waals surface area (Å²) in [5.74, 6) is 1.86. The Labute approximate surface area is 153 Å². The van der Waals surface area contributed by atoms with Crippen molar-refractivity contribution in [3.05, 3.63) is 0 Å². The number of halogens is 4. The van der Waals surface area contributed by atoms with Gasteiger partial charge in [0, 0.05) is 20.1 Å².